The first-order chi connectivity index (χ1) is 8.35. The highest BCUT2D eigenvalue weighted by Crippen LogP contribution is 2.31. The molecule has 2 rings (SSSR count). The van der Waals surface area contributed by atoms with Crippen LogP contribution in [0.2, 0.25) is 0 Å². The molecule has 90 valence electrons. The zero-order valence-electron chi connectivity index (χ0n) is 9.63. The lowest BCUT2D eigenvalue weighted by molar-refractivity contribution is 0.209. The fraction of sp³-hybridized carbons (Fsp3) is 0.231. The molecule has 0 amide bonds. The molecule has 1 aromatic heterocycles. The number of thiophene rings is 1. The van der Waals surface area contributed by atoms with Gasteiger partial charge in [-0.1, -0.05) is 12.1 Å². The molecule has 17 heavy (non-hydrogen) atoms. The van der Waals surface area contributed by atoms with Gasteiger partial charge in [0.1, 0.15) is 11.9 Å². The van der Waals surface area contributed by atoms with Crippen LogP contribution in [0.1, 0.15) is 11.7 Å². The number of hydrogen-bond acceptors (Lipinski definition) is 4. The zero-order chi connectivity index (χ0) is 12.1. The molecule has 0 aliphatic heterocycles. The maximum absolute atomic E-state index is 5.99. The lowest BCUT2D eigenvalue weighted by Crippen LogP contribution is -2.18. The molecule has 0 fully saturated rings. The molecule has 0 bridgehead atoms. The van der Waals surface area contributed by atoms with Gasteiger partial charge in [-0.15, -0.1) is 11.8 Å². The van der Waals surface area contributed by atoms with Crippen molar-refractivity contribution in [2.24, 2.45) is 5.73 Å². The van der Waals surface area contributed by atoms with Gasteiger partial charge < -0.3 is 10.5 Å². The smallest absolute Gasteiger partial charge is 0.137 e. The molecule has 0 saturated heterocycles. The second kappa shape index (κ2) is 6.10. The van der Waals surface area contributed by atoms with Crippen molar-refractivity contribution in [3.05, 3.63) is 46.7 Å². The second-order valence-electron chi connectivity index (χ2n) is 3.55. The van der Waals surface area contributed by atoms with Crippen molar-refractivity contribution in [3.63, 3.8) is 0 Å². The Balaban J connectivity index is 2.18. The summed E-state index contributed by atoms with van der Waals surface area (Å²) in [6.45, 7) is 0.486. The SMILES string of the molecule is CSc1ccccc1OC(CN)c1ccsc1. The van der Waals surface area contributed by atoms with E-state index >= 15 is 0 Å². The summed E-state index contributed by atoms with van der Waals surface area (Å²) in [6, 6.07) is 10.1. The third-order valence-electron chi connectivity index (χ3n) is 2.47. The highest BCUT2D eigenvalue weighted by atomic mass is 32.2. The molecular weight excluding hydrogens is 250 g/mol. The number of nitrogens with two attached hydrogens (primary N) is 1. The molecular formula is C13H15NOS2. The highest BCUT2D eigenvalue weighted by Gasteiger charge is 2.13. The van der Waals surface area contributed by atoms with Gasteiger partial charge in [-0.05, 0) is 35.2 Å². The number of hydrogen-bond donors (Lipinski definition) is 1. The van der Waals surface area contributed by atoms with Crippen molar-refractivity contribution in [2.75, 3.05) is 12.8 Å². The Hall–Kier alpha value is -0.970. The Bertz CT molecular complexity index is 456. The van der Waals surface area contributed by atoms with Crippen LogP contribution in [0.5, 0.6) is 5.75 Å². The van der Waals surface area contributed by atoms with E-state index in [0.717, 1.165) is 16.2 Å². The van der Waals surface area contributed by atoms with Gasteiger partial charge in [-0.25, -0.2) is 0 Å². The predicted molar refractivity (Wildman–Crippen MR) is 75.0 cm³/mol. The van der Waals surface area contributed by atoms with Gasteiger partial charge in [0.15, 0.2) is 0 Å². The van der Waals surface area contributed by atoms with Gasteiger partial charge in [0.05, 0.1) is 0 Å². The highest BCUT2D eigenvalue weighted by molar-refractivity contribution is 7.98. The molecule has 0 spiro atoms. The molecule has 2 N–H and O–H groups in total. The molecule has 0 aliphatic carbocycles. The minimum atomic E-state index is -0.0606. The van der Waals surface area contributed by atoms with Crippen LogP contribution in [-0.2, 0) is 0 Å². The van der Waals surface area contributed by atoms with Crippen molar-refractivity contribution in [3.8, 4) is 5.75 Å². The monoisotopic (exact) mass is 265 g/mol. The number of benzene rings is 1. The summed E-state index contributed by atoms with van der Waals surface area (Å²) in [5, 5.41) is 4.13. The van der Waals surface area contributed by atoms with E-state index in [1.165, 1.54) is 0 Å². The summed E-state index contributed by atoms with van der Waals surface area (Å²) in [7, 11) is 0. The molecule has 2 nitrogen and oxygen atoms in total. The van der Waals surface area contributed by atoms with Crippen LogP contribution >= 0.6 is 23.1 Å². The van der Waals surface area contributed by atoms with Crippen LogP contribution in [0.25, 0.3) is 0 Å². The largest absolute Gasteiger partial charge is 0.483 e. The van der Waals surface area contributed by atoms with Crippen molar-refractivity contribution in [2.45, 2.75) is 11.0 Å². The van der Waals surface area contributed by atoms with Crippen LogP contribution in [0, 0.1) is 0 Å². The first-order valence-electron chi connectivity index (χ1n) is 5.37. The molecule has 0 radical (unpaired) electrons. The molecule has 1 atom stereocenters. The van der Waals surface area contributed by atoms with Crippen molar-refractivity contribution < 1.29 is 4.74 Å². The summed E-state index contributed by atoms with van der Waals surface area (Å²) >= 11 is 3.34. The maximum Gasteiger partial charge on any atom is 0.137 e. The van der Waals surface area contributed by atoms with Crippen LogP contribution in [0.3, 0.4) is 0 Å². The predicted octanol–water partition coefficient (Wildman–Crippen LogP) is 3.55. The molecule has 1 heterocycles. The lowest BCUT2D eigenvalue weighted by Gasteiger charge is -2.18. The second-order valence-corrected chi connectivity index (χ2v) is 5.18. The summed E-state index contributed by atoms with van der Waals surface area (Å²) in [4.78, 5) is 1.14. The minimum Gasteiger partial charge on any atom is -0.483 e. The quantitative estimate of drug-likeness (QED) is 0.840. The first-order valence-corrected chi connectivity index (χ1v) is 7.53. The van der Waals surface area contributed by atoms with Gasteiger partial charge in [-0.2, -0.15) is 11.3 Å². The van der Waals surface area contributed by atoms with Gasteiger partial charge in [0.25, 0.3) is 0 Å². The van der Waals surface area contributed by atoms with Gasteiger partial charge >= 0.3 is 0 Å². The summed E-state index contributed by atoms with van der Waals surface area (Å²) in [5.41, 5.74) is 6.92. The maximum atomic E-state index is 5.99. The van der Waals surface area contributed by atoms with E-state index in [9.17, 15) is 0 Å². The van der Waals surface area contributed by atoms with E-state index in [0.29, 0.717) is 6.54 Å². The Kier molecular flexibility index (Phi) is 4.48. The zero-order valence-corrected chi connectivity index (χ0v) is 11.3. The van der Waals surface area contributed by atoms with Crippen LogP contribution in [0.4, 0.5) is 0 Å². The number of thioether (sulfide) groups is 1. The fourth-order valence-corrected chi connectivity index (χ4v) is 2.81. The van der Waals surface area contributed by atoms with E-state index in [4.69, 9.17) is 10.5 Å². The summed E-state index contributed by atoms with van der Waals surface area (Å²) in [6.07, 6.45) is 1.99. The lowest BCUT2D eigenvalue weighted by atomic mass is 10.2. The average Bonchev–Trinajstić information content (AvgIpc) is 2.90. The Labute approximate surface area is 110 Å². The number of para-hydroxylation sites is 1. The molecule has 0 aliphatic rings. The van der Waals surface area contributed by atoms with E-state index in [1.807, 2.05) is 29.8 Å². The van der Waals surface area contributed by atoms with Crippen LogP contribution in [0.15, 0.2) is 46.0 Å². The van der Waals surface area contributed by atoms with Gasteiger partial charge in [0, 0.05) is 17.0 Å². The van der Waals surface area contributed by atoms with E-state index in [1.54, 1.807) is 23.1 Å². The molecule has 1 aromatic carbocycles. The van der Waals surface area contributed by atoms with E-state index < -0.39 is 0 Å². The minimum absolute atomic E-state index is 0.0606. The van der Waals surface area contributed by atoms with E-state index in [2.05, 4.69) is 17.5 Å². The van der Waals surface area contributed by atoms with Crippen molar-refractivity contribution in [1.82, 2.24) is 0 Å². The third kappa shape index (κ3) is 3.03. The Morgan fingerprint density at radius 3 is 2.82 bits per heavy atom. The Morgan fingerprint density at radius 2 is 2.18 bits per heavy atom. The first kappa shape index (κ1) is 12.5. The topological polar surface area (TPSA) is 35.2 Å². The van der Waals surface area contributed by atoms with Crippen molar-refractivity contribution in [1.29, 1.82) is 0 Å². The van der Waals surface area contributed by atoms with E-state index in [-0.39, 0.29) is 6.10 Å². The fourth-order valence-electron chi connectivity index (χ4n) is 1.58. The third-order valence-corrected chi connectivity index (χ3v) is 3.95. The van der Waals surface area contributed by atoms with Crippen molar-refractivity contribution >= 4 is 23.1 Å². The van der Waals surface area contributed by atoms with Crippen LogP contribution < -0.4 is 10.5 Å². The molecule has 0 saturated carbocycles. The molecule has 1 unspecified atom stereocenters. The molecule has 2 aromatic rings. The summed E-state index contributed by atoms with van der Waals surface area (Å²) < 4.78 is 5.99. The summed E-state index contributed by atoms with van der Waals surface area (Å²) in [5.74, 6) is 0.904. The normalized spacial score (nSPS) is 12.4. The number of ether oxygens (including phenoxy) is 1. The standard InChI is InChI=1S/C13H15NOS2/c1-16-13-5-3-2-4-11(13)15-12(8-14)10-6-7-17-9-10/h2-7,9,12H,8,14H2,1H3. The van der Waals surface area contributed by atoms with Crippen LogP contribution in [-0.4, -0.2) is 12.8 Å². The van der Waals surface area contributed by atoms with Gasteiger partial charge in [-0.3, -0.25) is 0 Å². The molecule has 4 heteroatoms. The Morgan fingerprint density at radius 1 is 1.35 bits per heavy atom. The van der Waals surface area contributed by atoms with Gasteiger partial charge in [0.2, 0.25) is 0 Å². The average molecular weight is 265 g/mol. The number of rotatable bonds is 5.